The molecule has 21 heavy (non-hydrogen) atoms. The van der Waals surface area contributed by atoms with E-state index >= 15 is 0 Å². The molecule has 1 atom stereocenters. The van der Waals surface area contributed by atoms with Crippen molar-refractivity contribution in [3.63, 3.8) is 0 Å². The second-order valence-corrected chi connectivity index (χ2v) is 5.64. The minimum atomic E-state index is -0.265. The van der Waals surface area contributed by atoms with E-state index in [1.165, 1.54) is 5.56 Å². The number of rotatable bonds is 7. The fraction of sp³-hybridized carbons (Fsp3) is 0.500. The Hall–Kier alpha value is -1.88. The molecular weight excluding hydrogens is 268 g/mol. The van der Waals surface area contributed by atoms with Crippen LogP contribution in [0.1, 0.15) is 49.4 Å². The molecule has 1 aromatic carbocycles. The molecule has 1 aliphatic carbocycles. The Morgan fingerprint density at radius 2 is 2.10 bits per heavy atom. The minimum Gasteiger partial charge on any atom is -0.484 e. The molecule has 1 fully saturated rings. The van der Waals surface area contributed by atoms with Crippen molar-refractivity contribution in [3.8, 4) is 5.75 Å². The normalized spacial score (nSPS) is 15.9. The van der Waals surface area contributed by atoms with Crippen LogP contribution in [0.2, 0.25) is 0 Å². The lowest BCUT2D eigenvalue weighted by atomic mass is 10.1. The van der Waals surface area contributed by atoms with Crippen LogP contribution in [0.3, 0.4) is 0 Å². The second kappa shape index (κ2) is 6.26. The number of aliphatic hydroxyl groups is 1. The number of hydrogen-bond acceptors (Lipinski definition) is 5. The zero-order valence-corrected chi connectivity index (χ0v) is 12.2. The average molecular weight is 288 g/mol. The summed E-state index contributed by atoms with van der Waals surface area (Å²) in [5.74, 6) is 2.61. The maximum Gasteiger partial charge on any atom is 0.264 e. The van der Waals surface area contributed by atoms with E-state index in [0.717, 1.165) is 37.3 Å². The first-order chi connectivity index (χ1) is 10.2. The number of nitrogens with zero attached hydrogens (tertiary/aromatic N) is 2. The van der Waals surface area contributed by atoms with Crippen molar-refractivity contribution >= 4 is 0 Å². The van der Waals surface area contributed by atoms with E-state index in [9.17, 15) is 5.11 Å². The Bertz CT molecular complexity index is 573. The summed E-state index contributed by atoms with van der Waals surface area (Å²) in [5, 5.41) is 13.2. The molecule has 0 aliphatic heterocycles. The van der Waals surface area contributed by atoms with Gasteiger partial charge in [0.2, 0.25) is 0 Å². The van der Waals surface area contributed by atoms with Gasteiger partial charge in [0.15, 0.2) is 12.4 Å². The van der Waals surface area contributed by atoms with Gasteiger partial charge in [-0.1, -0.05) is 17.3 Å². The summed E-state index contributed by atoms with van der Waals surface area (Å²) < 4.78 is 10.8. The van der Waals surface area contributed by atoms with Gasteiger partial charge in [0, 0.05) is 5.92 Å². The van der Waals surface area contributed by atoms with Crippen LogP contribution >= 0.6 is 0 Å². The first kappa shape index (κ1) is 14.1. The molecule has 3 rings (SSSR count). The molecule has 0 spiro atoms. The fourth-order valence-corrected chi connectivity index (χ4v) is 2.11. The maximum atomic E-state index is 9.28. The Balaban J connectivity index is 1.50. The molecule has 1 N–H and O–H groups in total. The zero-order chi connectivity index (χ0) is 14.7. The highest BCUT2D eigenvalue weighted by Gasteiger charge is 2.28. The van der Waals surface area contributed by atoms with Crippen LogP contribution in [0.4, 0.5) is 0 Å². The van der Waals surface area contributed by atoms with E-state index in [-0.39, 0.29) is 6.10 Å². The van der Waals surface area contributed by atoms with Gasteiger partial charge in [0.25, 0.3) is 5.89 Å². The highest BCUT2D eigenvalue weighted by Crippen LogP contribution is 2.38. The van der Waals surface area contributed by atoms with Gasteiger partial charge in [-0.2, -0.15) is 4.98 Å². The standard InChI is InChI=1S/C16H20N2O3/c1-11(19)2-3-12-4-8-14(9-5-12)20-10-15-17-16(18-21-15)13-6-7-13/h4-5,8-9,11,13,19H,2-3,6-7,10H2,1H3. The Labute approximate surface area is 123 Å². The van der Waals surface area contributed by atoms with Crippen LogP contribution in [0.25, 0.3) is 0 Å². The lowest BCUT2D eigenvalue weighted by Gasteiger charge is -2.06. The molecular formula is C16H20N2O3. The molecule has 0 bridgehead atoms. The molecule has 112 valence electrons. The molecule has 0 radical (unpaired) electrons. The summed E-state index contributed by atoms with van der Waals surface area (Å²) in [6.07, 6.45) is 3.69. The Kier molecular flexibility index (Phi) is 4.20. The quantitative estimate of drug-likeness (QED) is 0.848. The van der Waals surface area contributed by atoms with Gasteiger partial charge in [-0.05, 0) is 50.3 Å². The zero-order valence-electron chi connectivity index (χ0n) is 12.2. The smallest absolute Gasteiger partial charge is 0.264 e. The number of aliphatic hydroxyl groups excluding tert-OH is 1. The van der Waals surface area contributed by atoms with Gasteiger partial charge in [-0.3, -0.25) is 0 Å². The number of hydrogen-bond donors (Lipinski definition) is 1. The lowest BCUT2D eigenvalue weighted by Crippen LogP contribution is -2.01. The Morgan fingerprint density at radius 3 is 2.76 bits per heavy atom. The second-order valence-electron chi connectivity index (χ2n) is 5.64. The number of benzene rings is 1. The summed E-state index contributed by atoms with van der Waals surface area (Å²) >= 11 is 0. The third-order valence-electron chi connectivity index (χ3n) is 3.56. The van der Waals surface area contributed by atoms with Gasteiger partial charge < -0.3 is 14.4 Å². The van der Waals surface area contributed by atoms with Gasteiger partial charge in [-0.15, -0.1) is 0 Å². The van der Waals surface area contributed by atoms with Crippen LogP contribution in [-0.4, -0.2) is 21.4 Å². The largest absolute Gasteiger partial charge is 0.484 e. The summed E-state index contributed by atoms with van der Waals surface area (Å²) in [4.78, 5) is 4.32. The highest BCUT2D eigenvalue weighted by molar-refractivity contribution is 5.27. The first-order valence-corrected chi connectivity index (χ1v) is 7.43. The average Bonchev–Trinajstić information content (AvgIpc) is 3.23. The molecule has 1 unspecified atom stereocenters. The van der Waals surface area contributed by atoms with Crippen LogP contribution < -0.4 is 4.74 Å². The summed E-state index contributed by atoms with van der Waals surface area (Å²) in [6, 6.07) is 7.88. The van der Waals surface area contributed by atoms with E-state index in [0.29, 0.717) is 18.4 Å². The van der Waals surface area contributed by atoms with Crippen molar-refractivity contribution in [2.45, 2.75) is 51.2 Å². The molecule has 1 aromatic heterocycles. The van der Waals surface area contributed by atoms with E-state index in [1.807, 2.05) is 24.3 Å². The van der Waals surface area contributed by atoms with Gasteiger partial charge >= 0.3 is 0 Å². The monoisotopic (exact) mass is 288 g/mol. The fourth-order valence-electron chi connectivity index (χ4n) is 2.11. The van der Waals surface area contributed by atoms with E-state index in [4.69, 9.17) is 9.26 Å². The molecule has 1 saturated carbocycles. The van der Waals surface area contributed by atoms with Crippen LogP contribution in [0, 0.1) is 0 Å². The Morgan fingerprint density at radius 1 is 1.33 bits per heavy atom. The number of aryl methyl sites for hydroxylation is 1. The van der Waals surface area contributed by atoms with Crippen molar-refractivity contribution in [1.29, 1.82) is 0 Å². The third kappa shape index (κ3) is 4.04. The molecule has 0 saturated heterocycles. The summed E-state index contributed by atoms with van der Waals surface area (Å²) in [6.45, 7) is 2.10. The first-order valence-electron chi connectivity index (χ1n) is 7.43. The van der Waals surface area contributed by atoms with Crippen molar-refractivity contribution < 1.29 is 14.4 Å². The summed E-state index contributed by atoms with van der Waals surface area (Å²) in [5.41, 5.74) is 1.19. The predicted molar refractivity (Wildman–Crippen MR) is 77.0 cm³/mol. The van der Waals surface area contributed by atoms with Gasteiger partial charge in [0.05, 0.1) is 6.10 Å². The van der Waals surface area contributed by atoms with Crippen LogP contribution in [0.15, 0.2) is 28.8 Å². The SMILES string of the molecule is CC(O)CCc1ccc(OCc2nc(C3CC3)no2)cc1. The van der Waals surface area contributed by atoms with Crippen LogP contribution in [0.5, 0.6) is 5.75 Å². The van der Waals surface area contributed by atoms with E-state index in [1.54, 1.807) is 6.92 Å². The molecule has 0 amide bonds. The van der Waals surface area contributed by atoms with E-state index < -0.39 is 0 Å². The molecule has 2 aromatic rings. The lowest BCUT2D eigenvalue weighted by molar-refractivity contribution is 0.185. The number of ether oxygens (including phenoxy) is 1. The molecule has 1 heterocycles. The van der Waals surface area contributed by atoms with Crippen molar-refractivity contribution in [3.05, 3.63) is 41.5 Å². The molecule has 5 heteroatoms. The summed E-state index contributed by atoms with van der Waals surface area (Å²) in [7, 11) is 0. The van der Waals surface area contributed by atoms with Crippen molar-refractivity contribution in [2.75, 3.05) is 0 Å². The minimum absolute atomic E-state index is 0.265. The maximum absolute atomic E-state index is 9.28. The molecule has 1 aliphatic rings. The predicted octanol–water partition coefficient (Wildman–Crippen LogP) is 2.84. The number of aromatic nitrogens is 2. The molecule has 5 nitrogen and oxygen atoms in total. The van der Waals surface area contributed by atoms with Crippen LogP contribution in [-0.2, 0) is 13.0 Å². The third-order valence-corrected chi connectivity index (χ3v) is 3.56. The van der Waals surface area contributed by atoms with Crippen molar-refractivity contribution in [2.24, 2.45) is 0 Å². The van der Waals surface area contributed by atoms with Gasteiger partial charge in [0.1, 0.15) is 5.75 Å². The highest BCUT2D eigenvalue weighted by atomic mass is 16.5. The topological polar surface area (TPSA) is 68.4 Å². The van der Waals surface area contributed by atoms with Gasteiger partial charge in [-0.25, -0.2) is 0 Å². The van der Waals surface area contributed by atoms with E-state index in [2.05, 4.69) is 10.1 Å². The van der Waals surface area contributed by atoms with Crippen molar-refractivity contribution in [1.82, 2.24) is 10.1 Å².